The molecule has 0 bridgehead atoms. The molecule has 2 rings (SSSR count). The van der Waals surface area contributed by atoms with Crippen molar-refractivity contribution in [2.24, 2.45) is 0 Å². The van der Waals surface area contributed by atoms with Gasteiger partial charge in [0.1, 0.15) is 0 Å². The molecule has 6 nitrogen and oxygen atoms in total. The van der Waals surface area contributed by atoms with Crippen molar-refractivity contribution >= 4 is 12.0 Å². The van der Waals surface area contributed by atoms with Crippen LogP contribution in [0.25, 0.3) is 0 Å². The number of nitrogens with one attached hydrogen (secondary N) is 1. The maximum absolute atomic E-state index is 12.2. The van der Waals surface area contributed by atoms with E-state index in [1.807, 2.05) is 12.1 Å². The zero-order valence-corrected chi connectivity index (χ0v) is 12.0. The first kappa shape index (κ1) is 15.3. The SMILES string of the molecule is O=C(O)CC1CCCCN1C(=O)NCCc1cccnc1. The number of carbonyl (C=O) groups excluding carboxylic acids is 1. The van der Waals surface area contributed by atoms with Gasteiger partial charge in [0.15, 0.2) is 0 Å². The summed E-state index contributed by atoms with van der Waals surface area (Å²) in [5.41, 5.74) is 1.07. The molecule has 2 amide bonds. The quantitative estimate of drug-likeness (QED) is 0.864. The van der Waals surface area contributed by atoms with Crippen molar-refractivity contribution in [1.82, 2.24) is 15.2 Å². The van der Waals surface area contributed by atoms with E-state index in [0.29, 0.717) is 13.1 Å². The largest absolute Gasteiger partial charge is 0.481 e. The van der Waals surface area contributed by atoms with Crippen LogP contribution < -0.4 is 5.32 Å². The summed E-state index contributed by atoms with van der Waals surface area (Å²) in [6.45, 7) is 1.16. The topological polar surface area (TPSA) is 82.5 Å². The molecule has 1 fully saturated rings. The van der Waals surface area contributed by atoms with Crippen LogP contribution in [0.15, 0.2) is 24.5 Å². The number of pyridine rings is 1. The first-order valence-corrected chi connectivity index (χ1v) is 7.32. The highest BCUT2D eigenvalue weighted by atomic mass is 16.4. The molecule has 2 heterocycles. The maximum Gasteiger partial charge on any atom is 0.317 e. The van der Waals surface area contributed by atoms with Crippen LogP contribution in [0.3, 0.4) is 0 Å². The molecule has 0 aliphatic carbocycles. The second-order valence-corrected chi connectivity index (χ2v) is 5.28. The van der Waals surface area contributed by atoms with E-state index in [1.165, 1.54) is 0 Å². The lowest BCUT2D eigenvalue weighted by Crippen LogP contribution is -2.49. The molecular weight excluding hydrogens is 270 g/mol. The highest BCUT2D eigenvalue weighted by Crippen LogP contribution is 2.19. The summed E-state index contributed by atoms with van der Waals surface area (Å²) < 4.78 is 0. The van der Waals surface area contributed by atoms with Crippen molar-refractivity contribution in [1.29, 1.82) is 0 Å². The number of amides is 2. The second-order valence-electron chi connectivity index (χ2n) is 5.28. The summed E-state index contributed by atoms with van der Waals surface area (Å²) in [5.74, 6) is -0.852. The highest BCUT2D eigenvalue weighted by Gasteiger charge is 2.28. The van der Waals surface area contributed by atoms with E-state index in [2.05, 4.69) is 10.3 Å². The number of hydrogen-bond donors (Lipinski definition) is 2. The van der Waals surface area contributed by atoms with E-state index < -0.39 is 5.97 Å². The summed E-state index contributed by atoms with van der Waals surface area (Å²) in [6, 6.07) is 3.48. The van der Waals surface area contributed by atoms with Gasteiger partial charge in [0.2, 0.25) is 0 Å². The third kappa shape index (κ3) is 4.73. The molecule has 1 aromatic heterocycles. The molecule has 2 N–H and O–H groups in total. The summed E-state index contributed by atoms with van der Waals surface area (Å²) in [5, 5.41) is 11.8. The number of carboxylic acids is 1. The van der Waals surface area contributed by atoms with Gasteiger partial charge in [-0.05, 0) is 37.3 Å². The molecule has 114 valence electrons. The van der Waals surface area contributed by atoms with Gasteiger partial charge in [0.05, 0.1) is 6.42 Å². The van der Waals surface area contributed by atoms with Crippen LogP contribution in [-0.2, 0) is 11.2 Å². The Labute approximate surface area is 124 Å². The Morgan fingerprint density at radius 2 is 2.29 bits per heavy atom. The van der Waals surface area contributed by atoms with E-state index in [9.17, 15) is 9.59 Å². The first-order chi connectivity index (χ1) is 10.2. The predicted octanol–water partition coefficient (Wildman–Crippen LogP) is 1.66. The van der Waals surface area contributed by atoms with Gasteiger partial charge in [-0.15, -0.1) is 0 Å². The number of carboxylic acid groups (broad SMARTS) is 1. The number of aliphatic carboxylic acids is 1. The summed E-state index contributed by atoms with van der Waals surface area (Å²) in [6.07, 6.45) is 6.92. The van der Waals surface area contributed by atoms with Crippen molar-refractivity contribution in [3.63, 3.8) is 0 Å². The van der Waals surface area contributed by atoms with Crippen LogP contribution in [0, 0.1) is 0 Å². The fourth-order valence-electron chi connectivity index (χ4n) is 2.64. The van der Waals surface area contributed by atoms with E-state index in [1.54, 1.807) is 17.3 Å². The molecular formula is C15H21N3O3. The Morgan fingerprint density at radius 3 is 3.00 bits per heavy atom. The number of urea groups is 1. The average Bonchev–Trinajstić information content (AvgIpc) is 2.48. The minimum atomic E-state index is -0.852. The highest BCUT2D eigenvalue weighted by molar-refractivity contribution is 5.76. The van der Waals surface area contributed by atoms with Gasteiger partial charge in [-0.2, -0.15) is 0 Å². The Hall–Kier alpha value is -2.11. The van der Waals surface area contributed by atoms with E-state index >= 15 is 0 Å². The third-order valence-corrected chi connectivity index (χ3v) is 3.71. The minimum absolute atomic E-state index is 0.0238. The molecule has 1 aliphatic heterocycles. The second kappa shape index (κ2) is 7.61. The summed E-state index contributed by atoms with van der Waals surface area (Å²) in [7, 11) is 0. The van der Waals surface area contributed by atoms with Gasteiger partial charge in [-0.1, -0.05) is 6.07 Å². The van der Waals surface area contributed by atoms with Crippen LogP contribution in [0.1, 0.15) is 31.2 Å². The van der Waals surface area contributed by atoms with E-state index in [4.69, 9.17) is 5.11 Å². The van der Waals surface area contributed by atoms with Gasteiger partial charge in [0, 0.05) is 31.5 Å². The Balaban J connectivity index is 1.81. The number of piperidine rings is 1. The number of aromatic nitrogens is 1. The predicted molar refractivity (Wildman–Crippen MR) is 77.9 cm³/mol. The lowest BCUT2D eigenvalue weighted by atomic mass is 10.00. The molecule has 1 aromatic rings. The molecule has 21 heavy (non-hydrogen) atoms. The van der Waals surface area contributed by atoms with E-state index in [0.717, 1.165) is 31.2 Å². The first-order valence-electron chi connectivity index (χ1n) is 7.32. The summed E-state index contributed by atoms with van der Waals surface area (Å²) >= 11 is 0. The van der Waals surface area contributed by atoms with Gasteiger partial charge in [-0.25, -0.2) is 4.79 Å². The molecule has 0 aromatic carbocycles. The van der Waals surface area contributed by atoms with E-state index in [-0.39, 0.29) is 18.5 Å². The number of rotatable bonds is 5. The number of nitrogens with zero attached hydrogens (tertiary/aromatic N) is 2. The normalized spacial score (nSPS) is 18.3. The van der Waals surface area contributed by atoms with Gasteiger partial charge in [-0.3, -0.25) is 9.78 Å². The number of likely N-dealkylation sites (tertiary alicyclic amines) is 1. The fourth-order valence-corrected chi connectivity index (χ4v) is 2.64. The van der Waals surface area contributed by atoms with Crippen LogP contribution in [0.5, 0.6) is 0 Å². The molecule has 0 spiro atoms. The van der Waals surface area contributed by atoms with Gasteiger partial charge < -0.3 is 15.3 Å². The summed E-state index contributed by atoms with van der Waals surface area (Å²) in [4.78, 5) is 28.8. The van der Waals surface area contributed by atoms with Crippen LogP contribution in [-0.4, -0.2) is 46.1 Å². The maximum atomic E-state index is 12.2. The Bertz CT molecular complexity index is 478. The third-order valence-electron chi connectivity index (χ3n) is 3.71. The monoisotopic (exact) mass is 291 g/mol. The van der Waals surface area contributed by atoms with Crippen LogP contribution in [0.2, 0.25) is 0 Å². The number of carbonyl (C=O) groups is 2. The smallest absolute Gasteiger partial charge is 0.317 e. The molecule has 1 atom stereocenters. The molecule has 1 saturated heterocycles. The Morgan fingerprint density at radius 1 is 1.43 bits per heavy atom. The van der Waals surface area contributed by atoms with Crippen LogP contribution >= 0.6 is 0 Å². The lowest BCUT2D eigenvalue weighted by Gasteiger charge is -2.34. The fraction of sp³-hybridized carbons (Fsp3) is 0.533. The molecule has 1 aliphatic rings. The van der Waals surface area contributed by atoms with Crippen molar-refractivity contribution in [3.8, 4) is 0 Å². The molecule has 1 unspecified atom stereocenters. The zero-order chi connectivity index (χ0) is 15.1. The molecule has 0 radical (unpaired) electrons. The van der Waals surface area contributed by atoms with Crippen molar-refractivity contribution in [3.05, 3.63) is 30.1 Å². The average molecular weight is 291 g/mol. The zero-order valence-electron chi connectivity index (χ0n) is 12.0. The standard InChI is InChI=1S/C15H21N3O3/c19-14(20)10-13-5-1-2-9-18(13)15(21)17-8-6-12-4-3-7-16-11-12/h3-4,7,11,13H,1-2,5-6,8-10H2,(H,17,21)(H,19,20). The minimum Gasteiger partial charge on any atom is -0.481 e. The molecule has 6 heteroatoms. The van der Waals surface area contributed by atoms with Crippen molar-refractivity contribution in [2.75, 3.05) is 13.1 Å². The van der Waals surface area contributed by atoms with Crippen molar-refractivity contribution in [2.45, 2.75) is 38.1 Å². The number of hydrogen-bond acceptors (Lipinski definition) is 3. The van der Waals surface area contributed by atoms with Crippen LogP contribution in [0.4, 0.5) is 4.79 Å². The lowest BCUT2D eigenvalue weighted by molar-refractivity contribution is -0.138. The van der Waals surface area contributed by atoms with Crippen molar-refractivity contribution < 1.29 is 14.7 Å². The van der Waals surface area contributed by atoms with Gasteiger partial charge >= 0.3 is 12.0 Å². The molecule has 0 saturated carbocycles. The Kier molecular flexibility index (Phi) is 5.54. The van der Waals surface area contributed by atoms with Gasteiger partial charge in [0.25, 0.3) is 0 Å².